The molecule has 4 nitrogen and oxygen atoms in total. The number of benzene rings is 1. The van der Waals surface area contributed by atoms with E-state index >= 15 is 0 Å². The van der Waals surface area contributed by atoms with E-state index in [4.69, 9.17) is 10.5 Å². The molecular formula is C15H18N2O2S. The first kappa shape index (κ1) is 14.7. The van der Waals surface area contributed by atoms with E-state index < -0.39 is 0 Å². The molecule has 0 aliphatic carbocycles. The van der Waals surface area contributed by atoms with Crippen LogP contribution >= 0.6 is 11.3 Å². The molecule has 0 fully saturated rings. The zero-order valence-electron chi connectivity index (χ0n) is 11.8. The van der Waals surface area contributed by atoms with Gasteiger partial charge in [-0.3, -0.25) is 4.79 Å². The van der Waals surface area contributed by atoms with E-state index in [0.29, 0.717) is 5.69 Å². The zero-order chi connectivity index (χ0) is 14.7. The van der Waals surface area contributed by atoms with Crippen LogP contribution in [-0.4, -0.2) is 17.9 Å². The Kier molecular flexibility index (Phi) is 4.52. The molecule has 0 radical (unpaired) electrons. The van der Waals surface area contributed by atoms with E-state index in [0.717, 1.165) is 21.9 Å². The summed E-state index contributed by atoms with van der Waals surface area (Å²) in [5.74, 6) is 0.712. The third kappa shape index (κ3) is 3.23. The van der Waals surface area contributed by atoms with Crippen molar-refractivity contribution >= 4 is 17.1 Å². The molecule has 1 unspecified atom stereocenters. The van der Waals surface area contributed by atoms with Gasteiger partial charge in [0.1, 0.15) is 16.5 Å². The van der Waals surface area contributed by atoms with E-state index in [1.54, 1.807) is 12.5 Å². The number of nitrogens with two attached hydrogens (primary N) is 1. The number of methoxy groups -OCH3 is 1. The number of ether oxygens (including phenoxy) is 1. The molecule has 5 heteroatoms. The topological polar surface area (TPSA) is 65.2 Å². The molecule has 0 amide bonds. The van der Waals surface area contributed by atoms with Crippen molar-refractivity contribution in [1.82, 2.24) is 4.98 Å². The third-order valence-corrected chi connectivity index (χ3v) is 4.03. The van der Waals surface area contributed by atoms with Crippen LogP contribution in [0.2, 0.25) is 0 Å². The van der Waals surface area contributed by atoms with Crippen LogP contribution < -0.4 is 10.5 Å². The number of carbonyl (C=O) groups excluding carboxylic acids is 1. The standard InChI is InChI=1S/C15H18N2O2S/c1-9-4-5-14(19-3)11(6-9)7-13(18)12-8-20-15(17-12)10(2)16/h4-6,8,10H,7,16H2,1-3H3. The Balaban J connectivity index is 2.20. The zero-order valence-corrected chi connectivity index (χ0v) is 12.7. The highest BCUT2D eigenvalue weighted by Gasteiger charge is 2.15. The summed E-state index contributed by atoms with van der Waals surface area (Å²) in [5, 5.41) is 2.55. The quantitative estimate of drug-likeness (QED) is 0.860. The van der Waals surface area contributed by atoms with Gasteiger partial charge in [0, 0.05) is 17.4 Å². The number of hydrogen-bond donors (Lipinski definition) is 1. The van der Waals surface area contributed by atoms with E-state index in [1.165, 1.54) is 11.3 Å². The predicted octanol–water partition coefficient (Wildman–Crippen LogP) is 2.91. The fourth-order valence-electron chi connectivity index (χ4n) is 1.93. The van der Waals surface area contributed by atoms with Gasteiger partial charge >= 0.3 is 0 Å². The maximum absolute atomic E-state index is 12.3. The van der Waals surface area contributed by atoms with Crippen molar-refractivity contribution in [2.24, 2.45) is 5.73 Å². The Morgan fingerprint density at radius 2 is 2.25 bits per heavy atom. The number of carbonyl (C=O) groups is 1. The number of hydrogen-bond acceptors (Lipinski definition) is 5. The van der Waals surface area contributed by atoms with Gasteiger partial charge in [0.05, 0.1) is 13.2 Å². The number of ketones is 1. The van der Waals surface area contributed by atoms with Crippen molar-refractivity contribution in [1.29, 1.82) is 0 Å². The Morgan fingerprint density at radius 1 is 1.50 bits per heavy atom. The van der Waals surface area contributed by atoms with Gasteiger partial charge < -0.3 is 10.5 Å². The maximum Gasteiger partial charge on any atom is 0.186 e. The number of thiazole rings is 1. The van der Waals surface area contributed by atoms with Crippen LogP contribution in [-0.2, 0) is 6.42 Å². The van der Waals surface area contributed by atoms with Gasteiger partial charge in [-0.2, -0.15) is 0 Å². The molecule has 0 spiro atoms. The minimum atomic E-state index is -0.143. The molecule has 0 aliphatic heterocycles. The van der Waals surface area contributed by atoms with E-state index in [2.05, 4.69) is 4.98 Å². The minimum absolute atomic E-state index is 0.0166. The summed E-state index contributed by atoms with van der Waals surface area (Å²) >= 11 is 1.42. The van der Waals surface area contributed by atoms with Gasteiger partial charge in [-0.05, 0) is 19.9 Å². The second kappa shape index (κ2) is 6.15. The highest BCUT2D eigenvalue weighted by molar-refractivity contribution is 7.09. The molecular weight excluding hydrogens is 272 g/mol. The van der Waals surface area contributed by atoms with Crippen molar-refractivity contribution in [3.05, 3.63) is 45.4 Å². The molecule has 1 aromatic heterocycles. The Labute approximate surface area is 122 Å². The second-order valence-corrected chi connectivity index (χ2v) is 5.66. The Bertz CT molecular complexity index is 620. The average molecular weight is 290 g/mol. The molecule has 2 rings (SSSR count). The van der Waals surface area contributed by atoms with Gasteiger partial charge in [0.15, 0.2) is 5.78 Å². The van der Waals surface area contributed by atoms with Crippen molar-refractivity contribution in [3.8, 4) is 5.75 Å². The summed E-state index contributed by atoms with van der Waals surface area (Å²) < 4.78 is 5.29. The lowest BCUT2D eigenvalue weighted by Gasteiger charge is -2.08. The lowest BCUT2D eigenvalue weighted by Crippen LogP contribution is -2.08. The lowest BCUT2D eigenvalue weighted by atomic mass is 10.0. The van der Waals surface area contributed by atoms with E-state index in [-0.39, 0.29) is 18.2 Å². The van der Waals surface area contributed by atoms with Crippen LogP contribution in [0.15, 0.2) is 23.6 Å². The van der Waals surface area contributed by atoms with Crippen LogP contribution in [0.1, 0.15) is 39.6 Å². The van der Waals surface area contributed by atoms with Gasteiger partial charge in [-0.15, -0.1) is 11.3 Å². The number of rotatable bonds is 5. The van der Waals surface area contributed by atoms with Crippen molar-refractivity contribution in [2.75, 3.05) is 7.11 Å². The maximum atomic E-state index is 12.3. The molecule has 0 saturated carbocycles. The molecule has 2 aromatic rings. The summed E-state index contributed by atoms with van der Waals surface area (Å²) in [7, 11) is 1.61. The molecule has 0 bridgehead atoms. The lowest BCUT2D eigenvalue weighted by molar-refractivity contribution is 0.0988. The monoisotopic (exact) mass is 290 g/mol. The van der Waals surface area contributed by atoms with Gasteiger partial charge in [-0.25, -0.2) is 4.98 Å². The first-order chi connectivity index (χ1) is 9.51. The third-order valence-electron chi connectivity index (χ3n) is 2.98. The molecule has 1 atom stereocenters. The van der Waals surface area contributed by atoms with Crippen molar-refractivity contribution < 1.29 is 9.53 Å². The smallest absolute Gasteiger partial charge is 0.186 e. The first-order valence-corrected chi connectivity index (χ1v) is 7.27. The highest BCUT2D eigenvalue weighted by atomic mass is 32.1. The van der Waals surface area contributed by atoms with Gasteiger partial charge in [0.25, 0.3) is 0 Å². The largest absolute Gasteiger partial charge is 0.496 e. The fraction of sp³-hybridized carbons (Fsp3) is 0.333. The second-order valence-electron chi connectivity index (χ2n) is 4.77. The highest BCUT2D eigenvalue weighted by Crippen LogP contribution is 2.23. The average Bonchev–Trinajstić information content (AvgIpc) is 2.89. The van der Waals surface area contributed by atoms with Crippen LogP contribution in [0.3, 0.4) is 0 Å². The van der Waals surface area contributed by atoms with E-state index in [1.807, 2.05) is 32.0 Å². The summed E-state index contributed by atoms with van der Waals surface area (Å²) in [4.78, 5) is 16.6. The number of nitrogens with zero attached hydrogens (tertiary/aromatic N) is 1. The van der Waals surface area contributed by atoms with Crippen LogP contribution in [0.4, 0.5) is 0 Å². The molecule has 0 saturated heterocycles. The molecule has 1 aromatic carbocycles. The van der Waals surface area contributed by atoms with E-state index in [9.17, 15) is 4.79 Å². The minimum Gasteiger partial charge on any atom is -0.496 e. The van der Waals surface area contributed by atoms with Crippen molar-refractivity contribution in [2.45, 2.75) is 26.3 Å². The molecule has 1 heterocycles. The normalized spacial score (nSPS) is 12.2. The summed E-state index contributed by atoms with van der Waals surface area (Å²) in [6.45, 7) is 3.85. The molecule has 106 valence electrons. The fourth-order valence-corrected chi connectivity index (χ4v) is 2.72. The van der Waals surface area contributed by atoms with Crippen LogP contribution in [0, 0.1) is 6.92 Å². The molecule has 20 heavy (non-hydrogen) atoms. The number of aryl methyl sites for hydroxylation is 1. The van der Waals surface area contributed by atoms with Crippen LogP contribution in [0.25, 0.3) is 0 Å². The van der Waals surface area contributed by atoms with Crippen LogP contribution in [0.5, 0.6) is 5.75 Å². The molecule has 0 aliphatic rings. The summed E-state index contributed by atoms with van der Waals surface area (Å²) in [6.07, 6.45) is 0.285. The van der Waals surface area contributed by atoms with Gasteiger partial charge in [-0.1, -0.05) is 17.7 Å². The number of Topliss-reactive ketones (excluding diaryl/α,β-unsaturated/α-hetero) is 1. The Morgan fingerprint density at radius 3 is 2.85 bits per heavy atom. The Hall–Kier alpha value is -1.72. The summed E-state index contributed by atoms with van der Waals surface area (Å²) in [5.41, 5.74) is 8.22. The van der Waals surface area contributed by atoms with Crippen molar-refractivity contribution in [3.63, 3.8) is 0 Å². The summed E-state index contributed by atoms with van der Waals surface area (Å²) in [6, 6.07) is 5.67. The predicted molar refractivity (Wildman–Crippen MR) is 80.5 cm³/mol. The number of aromatic nitrogens is 1. The first-order valence-electron chi connectivity index (χ1n) is 6.39. The molecule has 2 N–H and O–H groups in total. The van der Waals surface area contributed by atoms with Gasteiger partial charge in [0.2, 0.25) is 0 Å². The SMILES string of the molecule is COc1ccc(C)cc1CC(=O)c1csc(C(C)N)n1.